The van der Waals surface area contributed by atoms with Crippen molar-refractivity contribution in [2.75, 3.05) is 7.05 Å². The minimum absolute atomic E-state index is 0.0544. The Morgan fingerprint density at radius 1 is 1.27 bits per heavy atom. The molecule has 2 aliphatic rings. The first-order chi connectivity index (χ1) is 10.4. The maximum absolute atomic E-state index is 12.9. The molecule has 22 heavy (non-hydrogen) atoms. The van der Waals surface area contributed by atoms with E-state index in [1.807, 2.05) is 6.07 Å². The quantitative estimate of drug-likeness (QED) is 0.921. The molecular formula is C16H21N3O2S. The van der Waals surface area contributed by atoms with Gasteiger partial charge in [0.2, 0.25) is 10.0 Å². The Morgan fingerprint density at radius 3 is 2.45 bits per heavy atom. The average Bonchev–Trinajstić information content (AvgIpc) is 2.84. The number of aryl methyl sites for hydroxylation is 1. The number of benzene rings is 1. The van der Waals surface area contributed by atoms with Crippen LogP contribution in [0.2, 0.25) is 0 Å². The number of piperidine rings is 1. The summed E-state index contributed by atoms with van der Waals surface area (Å²) < 4.78 is 27.4. The predicted molar refractivity (Wildman–Crippen MR) is 83.8 cm³/mol. The summed E-state index contributed by atoms with van der Waals surface area (Å²) in [6.07, 6.45) is 4.04. The maximum atomic E-state index is 12.9. The summed E-state index contributed by atoms with van der Waals surface area (Å²) in [5.74, 6) is 0. The molecule has 6 heteroatoms. The summed E-state index contributed by atoms with van der Waals surface area (Å²) in [5, 5.41) is 12.5. The zero-order chi connectivity index (χ0) is 15.9. The van der Waals surface area contributed by atoms with Crippen molar-refractivity contribution in [3.63, 3.8) is 0 Å². The standard InChI is InChI=1S/C16H21N3O2S/c1-11-7-12(10-17)3-6-16(11)22(20,21)19(2)15-8-13-4-5-14(9-15)18-13/h3,6-7,13-15,18H,4-5,8-9H2,1-2H3. The molecule has 2 atom stereocenters. The molecule has 2 saturated heterocycles. The van der Waals surface area contributed by atoms with E-state index in [0.29, 0.717) is 28.1 Å². The van der Waals surface area contributed by atoms with Gasteiger partial charge in [-0.05, 0) is 56.4 Å². The largest absolute Gasteiger partial charge is 0.311 e. The maximum Gasteiger partial charge on any atom is 0.243 e. The number of rotatable bonds is 3. The van der Waals surface area contributed by atoms with E-state index in [2.05, 4.69) is 5.32 Å². The summed E-state index contributed by atoms with van der Waals surface area (Å²) in [7, 11) is -1.83. The minimum Gasteiger partial charge on any atom is -0.311 e. The molecule has 5 nitrogen and oxygen atoms in total. The molecule has 1 aromatic rings. The Kier molecular flexibility index (Phi) is 3.98. The number of nitriles is 1. The van der Waals surface area contributed by atoms with Gasteiger partial charge in [0.15, 0.2) is 0 Å². The Bertz CT molecular complexity index is 711. The van der Waals surface area contributed by atoms with Crippen LogP contribution in [0.3, 0.4) is 0 Å². The number of hydrogen-bond donors (Lipinski definition) is 1. The number of fused-ring (bicyclic) bond motifs is 2. The Labute approximate surface area is 132 Å². The van der Waals surface area contributed by atoms with Gasteiger partial charge in [0.1, 0.15) is 0 Å². The molecule has 1 N–H and O–H groups in total. The van der Waals surface area contributed by atoms with Gasteiger partial charge in [0.25, 0.3) is 0 Å². The molecular weight excluding hydrogens is 298 g/mol. The molecule has 3 rings (SSSR count). The fourth-order valence-corrected chi connectivity index (χ4v) is 5.26. The predicted octanol–water partition coefficient (Wildman–Crippen LogP) is 1.77. The van der Waals surface area contributed by atoms with E-state index in [0.717, 1.165) is 25.7 Å². The van der Waals surface area contributed by atoms with Gasteiger partial charge in [-0.2, -0.15) is 9.57 Å². The van der Waals surface area contributed by atoms with E-state index in [1.54, 1.807) is 32.2 Å². The molecule has 1 aromatic carbocycles. The number of nitrogens with one attached hydrogen (secondary N) is 1. The van der Waals surface area contributed by atoms with Gasteiger partial charge in [-0.3, -0.25) is 0 Å². The number of nitrogens with zero attached hydrogens (tertiary/aromatic N) is 2. The van der Waals surface area contributed by atoms with Crippen molar-refractivity contribution in [3.8, 4) is 6.07 Å². The lowest BCUT2D eigenvalue weighted by molar-refractivity contribution is 0.251. The molecule has 0 amide bonds. The smallest absolute Gasteiger partial charge is 0.243 e. The van der Waals surface area contributed by atoms with Gasteiger partial charge in [-0.1, -0.05) is 0 Å². The van der Waals surface area contributed by atoms with Crippen molar-refractivity contribution < 1.29 is 8.42 Å². The molecule has 2 fully saturated rings. The van der Waals surface area contributed by atoms with Crippen LogP contribution in [0.25, 0.3) is 0 Å². The second-order valence-electron chi connectivity index (χ2n) is 6.38. The molecule has 0 spiro atoms. The van der Waals surface area contributed by atoms with Crippen molar-refractivity contribution in [3.05, 3.63) is 29.3 Å². The Hall–Kier alpha value is -1.42. The summed E-state index contributed by atoms with van der Waals surface area (Å²) in [5.41, 5.74) is 1.11. The van der Waals surface area contributed by atoms with E-state index in [9.17, 15) is 8.42 Å². The normalized spacial score (nSPS) is 27.8. The van der Waals surface area contributed by atoms with Crippen LogP contribution in [0, 0.1) is 18.3 Å². The molecule has 2 aliphatic heterocycles. The van der Waals surface area contributed by atoms with Crippen molar-refractivity contribution in [2.24, 2.45) is 0 Å². The summed E-state index contributed by atoms with van der Waals surface area (Å²) >= 11 is 0. The zero-order valence-corrected chi connectivity index (χ0v) is 13.7. The lowest BCUT2D eigenvalue weighted by Crippen LogP contribution is -2.48. The third-order valence-corrected chi connectivity index (χ3v) is 6.99. The lowest BCUT2D eigenvalue weighted by Gasteiger charge is -2.35. The van der Waals surface area contributed by atoms with Gasteiger partial charge in [0.05, 0.1) is 16.5 Å². The van der Waals surface area contributed by atoms with Crippen molar-refractivity contribution in [1.82, 2.24) is 9.62 Å². The number of sulfonamides is 1. The van der Waals surface area contributed by atoms with Crippen molar-refractivity contribution in [2.45, 2.75) is 55.6 Å². The van der Waals surface area contributed by atoms with E-state index in [1.165, 1.54) is 4.31 Å². The van der Waals surface area contributed by atoms with Gasteiger partial charge in [-0.15, -0.1) is 0 Å². The van der Waals surface area contributed by atoms with Crippen LogP contribution in [0.1, 0.15) is 36.8 Å². The van der Waals surface area contributed by atoms with Gasteiger partial charge >= 0.3 is 0 Å². The first-order valence-corrected chi connectivity index (χ1v) is 9.10. The van der Waals surface area contributed by atoms with E-state index in [-0.39, 0.29) is 6.04 Å². The van der Waals surface area contributed by atoms with Crippen LogP contribution in [0.5, 0.6) is 0 Å². The first kappa shape index (κ1) is 15.5. The third kappa shape index (κ3) is 2.65. The fourth-order valence-electron chi connectivity index (χ4n) is 3.68. The van der Waals surface area contributed by atoms with E-state index < -0.39 is 10.0 Å². The molecule has 118 valence electrons. The highest BCUT2D eigenvalue weighted by Crippen LogP contribution is 2.32. The highest BCUT2D eigenvalue weighted by Gasteiger charge is 2.39. The SMILES string of the molecule is Cc1cc(C#N)ccc1S(=O)(=O)N(C)C1CC2CCC(C1)N2. The second kappa shape index (κ2) is 5.65. The molecule has 0 aliphatic carbocycles. The highest BCUT2D eigenvalue weighted by molar-refractivity contribution is 7.89. The average molecular weight is 319 g/mol. The monoisotopic (exact) mass is 319 g/mol. The molecule has 0 radical (unpaired) electrons. The van der Waals surface area contributed by atoms with Crippen LogP contribution in [-0.2, 0) is 10.0 Å². The van der Waals surface area contributed by atoms with E-state index >= 15 is 0 Å². The highest BCUT2D eigenvalue weighted by atomic mass is 32.2. The first-order valence-electron chi connectivity index (χ1n) is 7.66. The molecule has 2 unspecified atom stereocenters. The van der Waals surface area contributed by atoms with Gasteiger partial charge in [0, 0.05) is 25.2 Å². The minimum atomic E-state index is -3.52. The Morgan fingerprint density at radius 2 is 1.91 bits per heavy atom. The van der Waals surface area contributed by atoms with E-state index in [4.69, 9.17) is 5.26 Å². The molecule has 2 heterocycles. The molecule has 0 saturated carbocycles. The van der Waals surface area contributed by atoms with Crippen LogP contribution in [0.4, 0.5) is 0 Å². The Balaban J connectivity index is 1.88. The molecule has 2 bridgehead atoms. The topological polar surface area (TPSA) is 73.2 Å². The van der Waals surface area contributed by atoms with Crippen LogP contribution >= 0.6 is 0 Å². The lowest BCUT2D eigenvalue weighted by atomic mass is 10.0. The van der Waals surface area contributed by atoms with Gasteiger partial charge in [-0.25, -0.2) is 8.42 Å². The van der Waals surface area contributed by atoms with Crippen LogP contribution < -0.4 is 5.32 Å². The van der Waals surface area contributed by atoms with Crippen LogP contribution in [0.15, 0.2) is 23.1 Å². The molecule has 0 aromatic heterocycles. The summed E-state index contributed by atoms with van der Waals surface area (Å²) in [4.78, 5) is 0.305. The zero-order valence-electron chi connectivity index (χ0n) is 12.9. The van der Waals surface area contributed by atoms with Crippen LogP contribution in [-0.4, -0.2) is 37.9 Å². The number of hydrogen-bond acceptors (Lipinski definition) is 4. The third-order valence-electron chi connectivity index (χ3n) is 4.92. The van der Waals surface area contributed by atoms with Crippen molar-refractivity contribution >= 4 is 10.0 Å². The summed E-state index contributed by atoms with van der Waals surface area (Å²) in [6.45, 7) is 1.74. The summed E-state index contributed by atoms with van der Waals surface area (Å²) in [6, 6.07) is 7.74. The van der Waals surface area contributed by atoms with Gasteiger partial charge < -0.3 is 5.32 Å². The fraction of sp³-hybridized carbons (Fsp3) is 0.562. The van der Waals surface area contributed by atoms with Crippen molar-refractivity contribution in [1.29, 1.82) is 5.26 Å². The second-order valence-corrected chi connectivity index (χ2v) is 8.34.